The molecule has 0 N–H and O–H groups in total. The van der Waals surface area contributed by atoms with E-state index < -0.39 is 0 Å². The Morgan fingerprint density at radius 3 is 2.79 bits per heavy atom. The lowest BCUT2D eigenvalue weighted by molar-refractivity contribution is -0.124. The van der Waals surface area contributed by atoms with E-state index in [-0.39, 0.29) is 5.92 Å². The summed E-state index contributed by atoms with van der Waals surface area (Å²) in [5, 5.41) is 0. The standard InChI is InChI=1S/C13H18O/c1-3-5-10-8-12-9(4-2)6-7-11(12)13(10)14/h3-4,9-12H,1-2,5-8H2/t9-,10-,11+,12-/m1/s1. The predicted molar refractivity (Wildman–Crippen MR) is 57.8 cm³/mol. The molecule has 2 aliphatic rings. The Morgan fingerprint density at radius 1 is 1.36 bits per heavy atom. The zero-order valence-corrected chi connectivity index (χ0v) is 8.61. The summed E-state index contributed by atoms with van der Waals surface area (Å²) in [6, 6.07) is 0. The second-order valence-corrected chi connectivity index (χ2v) is 4.61. The molecule has 0 unspecified atom stereocenters. The summed E-state index contributed by atoms with van der Waals surface area (Å²) >= 11 is 0. The molecule has 2 fully saturated rings. The Labute approximate surface area is 85.9 Å². The molecule has 0 aromatic carbocycles. The third-order valence-corrected chi connectivity index (χ3v) is 3.96. The molecule has 0 bridgehead atoms. The lowest BCUT2D eigenvalue weighted by atomic mass is 9.91. The molecule has 0 aromatic rings. The Bertz CT molecular complexity index is 266. The van der Waals surface area contributed by atoms with E-state index in [1.165, 1.54) is 6.42 Å². The summed E-state index contributed by atoms with van der Waals surface area (Å²) in [5.74, 6) is 2.32. The normalized spacial score (nSPS) is 41.0. The van der Waals surface area contributed by atoms with Crippen molar-refractivity contribution in [2.45, 2.75) is 25.7 Å². The lowest BCUT2D eigenvalue weighted by Crippen LogP contribution is -2.13. The van der Waals surface area contributed by atoms with Crippen LogP contribution in [0.5, 0.6) is 0 Å². The number of Topliss-reactive ketones (excluding diaryl/α,β-unsaturated/α-hetero) is 1. The average Bonchev–Trinajstić information content (AvgIpc) is 2.70. The van der Waals surface area contributed by atoms with Crippen molar-refractivity contribution < 1.29 is 4.79 Å². The van der Waals surface area contributed by atoms with Gasteiger partial charge in [-0.05, 0) is 37.5 Å². The quantitative estimate of drug-likeness (QED) is 0.625. The monoisotopic (exact) mass is 190 g/mol. The minimum atomic E-state index is 0.269. The van der Waals surface area contributed by atoms with Crippen LogP contribution in [-0.2, 0) is 4.79 Å². The van der Waals surface area contributed by atoms with Crippen LogP contribution < -0.4 is 0 Å². The van der Waals surface area contributed by atoms with E-state index in [4.69, 9.17) is 0 Å². The number of hydrogen-bond donors (Lipinski definition) is 0. The highest BCUT2D eigenvalue weighted by atomic mass is 16.1. The van der Waals surface area contributed by atoms with Crippen molar-refractivity contribution in [2.75, 3.05) is 0 Å². The van der Waals surface area contributed by atoms with Crippen molar-refractivity contribution in [1.82, 2.24) is 0 Å². The van der Waals surface area contributed by atoms with Crippen LogP contribution in [-0.4, -0.2) is 5.78 Å². The van der Waals surface area contributed by atoms with Crippen LogP contribution in [0.25, 0.3) is 0 Å². The topological polar surface area (TPSA) is 17.1 Å². The van der Waals surface area contributed by atoms with E-state index in [1.54, 1.807) is 0 Å². The number of rotatable bonds is 3. The highest BCUT2D eigenvalue weighted by molar-refractivity contribution is 5.86. The van der Waals surface area contributed by atoms with Crippen LogP contribution in [0.15, 0.2) is 25.3 Å². The Balaban J connectivity index is 2.10. The molecule has 2 aliphatic carbocycles. The molecular formula is C13H18O. The summed E-state index contributed by atoms with van der Waals surface area (Å²) in [6.45, 7) is 7.59. The fraction of sp³-hybridized carbons (Fsp3) is 0.615. The van der Waals surface area contributed by atoms with Crippen LogP contribution >= 0.6 is 0 Å². The van der Waals surface area contributed by atoms with Gasteiger partial charge < -0.3 is 0 Å². The average molecular weight is 190 g/mol. The molecule has 2 saturated carbocycles. The Hall–Kier alpha value is -0.850. The minimum absolute atomic E-state index is 0.269. The zero-order chi connectivity index (χ0) is 10.1. The number of carbonyl (C=O) groups excluding carboxylic acids is 1. The van der Waals surface area contributed by atoms with Gasteiger partial charge >= 0.3 is 0 Å². The molecule has 0 radical (unpaired) electrons. The maximum atomic E-state index is 12.0. The first kappa shape index (κ1) is 9.70. The molecule has 0 spiro atoms. The molecule has 14 heavy (non-hydrogen) atoms. The summed E-state index contributed by atoms with van der Waals surface area (Å²) in [7, 11) is 0. The van der Waals surface area contributed by atoms with Crippen LogP contribution in [0.1, 0.15) is 25.7 Å². The SMILES string of the molecule is C=CC[C@@H]1C[C@@H]2[C@H](C=C)CC[C@@H]2C1=O. The van der Waals surface area contributed by atoms with Crippen LogP contribution in [0.4, 0.5) is 0 Å². The van der Waals surface area contributed by atoms with E-state index >= 15 is 0 Å². The van der Waals surface area contributed by atoms with Crippen LogP contribution in [0.2, 0.25) is 0 Å². The minimum Gasteiger partial charge on any atom is -0.299 e. The number of fused-ring (bicyclic) bond motifs is 1. The molecule has 0 saturated heterocycles. The zero-order valence-electron chi connectivity index (χ0n) is 8.61. The lowest BCUT2D eigenvalue weighted by Gasteiger charge is -2.13. The predicted octanol–water partition coefficient (Wildman–Crippen LogP) is 2.98. The fourth-order valence-corrected chi connectivity index (χ4v) is 3.24. The van der Waals surface area contributed by atoms with Crippen molar-refractivity contribution in [3.63, 3.8) is 0 Å². The van der Waals surface area contributed by atoms with Crippen molar-refractivity contribution >= 4 is 5.78 Å². The van der Waals surface area contributed by atoms with Crippen LogP contribution in [0, 0.1) is 23.7 Å². The van der Waals surface area contributed by atoms with Crippen LogP contribution in [0.3, 0.4) is 0 Å². The maximum Gasteiger partial charge on any atom is 0.139 e. The molecule has 1 heteroatoms. The largest absolute Gasteiger partial charge is 0.299 e. The third-order valence-electron chi connectivity index (χ3n) is 3.96. The number of allylic oxidation sites excluding steroid dienone is 2. The van der Waals surface area contributed by atoms with E-state index in [0.29, 0.717) is 23.5 Å². The molecule has 1 nitrogen and oxygen atoms in total. The first-order chi connectivity index (χ1) is 6.77. The Morgan fingerprint density at radius 2 is 2.14 bits per heavy atom. The van der Waals surface area contributed by atoms with Crippen molar-refractivity contribution in [2.24, 2.45) is 23.7 Å². The van der Waals surface area contributed by atoms with E-state index in [0.717, 1.165) is 19.3 Å². The van der Waals surface area contributed by atoms with Gasteiger partial charge in [0.05, 0.1) is 0 Å². The molecular weight excluding hydrogens is 172 g/mol. The van der Waals surface area contributed by atoms with Gasteiger partial charge in [0.15, 0.2) is 0 Å². The van der Waals surface area contributed by atoms with Crippen molar-refractivity contribution in [3.05, 3.63) is 25.3 Å². The van der Waals surface area contributed by atoms with Crippen molar-refractivity contribution in [3.8, 4) is 0 Å². The molecule has 0 aromatic heterocycles. The van der Waals surface area contributed by atoms with E-state index in [1.807, 2.05) is 12.2 Å². The Kier molecular flexibility index (Phi) is 2.58. The molecule has 2 rings (SSSR count). The second kappa shape index (κ2) is 3.72. The van der Waals surface area contributed by atoms with Gasteiger partial charge in [0, 0.05) is 11.8 Å². The van der Waals surface area contributed by atoms with E-state index in [2.05, 4.69) is 13.2 Å². The second-order valence-electron chi connectivity index (χ2n) is 4.61. The molecule has 0 amide bonds. The smallest absolute Gasteiger partial charge is 0.139 e. The summed E-state index contributed by atoms with van der Waals surface area (Å²) in [4.78, 5) is 12.0. The highest BCUT2D eigenvalue weighted by Gasteiger charge is 2.47. The molecule has 0 aliphatic heterocycles. The molecule has 4 atom stereocenters. The number of ketones is 1. The summed E-state index contributed by atoms with van der Waals surface area (Å²) in [5.41, 5.74) is 0. The van der Waals surface area contributed by atoms with Gasteiger partial charge in [0.25, 0.3) is 0 Å². The first-order valence-electron chi connectivity index (χ1n) is 5.55. The fourth-order valence-electron chi connectivity index (χ4n) is 3.24. The van der Waals surface area contributed by atoms with Gasteiger partial charge in [-0.15, -0.1) is 13.2 Å². The number of hydrogen-bond acceptors (Lipinski definition) is 1. The molecule has 76 valence electrons. The van der Waals surface area contributed by atoms with E-state index in [9.17, 15) is 4.79 Å². The van der Waals surface area contributed by atoms with Crippen molar-refractivity contribution in [1.29, 1.82) is 0 Å². The van der Waals surface area contributed by atoms with Gasteiger partial charge in [0.2, 0.25) is 0 Å². The third kappa shape index (κ3) is 1.35. The van der Waals surface area contributed by atoms with Gasteiger partial charge in [-0.1, -0.05) is 12.2 Å². The summed E-state index contributed by atoms with van der Waals surface area (Å²) in [6.07, 6.45) is 8.14. The first-order valence-corrected chi connectivity index (χ1v) is 5.55. The highest BCUT2D eigenvalue weighted by Crippen LogP contribution is 2.49. The number of carbonyl (C=O) groups is 1. The summed E-state index contributed by atoms with van der Waals surface area (Å²) < 4.78 is 0. The van der Waals surface area contributed by atoms with Gasteiger partial charge in [-0.2, -0.15) is 0 Å². The van der Waals surface area contributed by atoms with Gasteiger partial charge in [0.1, 0.15) is 5.78 Å². The molecule has 0 heterocycles. The maximum absolute atomic E-state index is 12.0. The van der Waals surface area contributed by atoms with Gasteiger partial charge in [-0.3, -0.25) is 4.79 Å². The van der Waals surface area contributed by atoms with Gasteiger partial charge in [-0.25, -0.2) is 0 Å².